The Bertz CT molecular complexity index is 944. The van der Waals surface area contributed by atoms with E-state index in [1.807, 2.05) is 12.1 Å². The zero-order chi connectivity index (χ0) is 19.9. The van der Waals surface area contributed by atoms with Gasteiger partial charge in [0.2, 0.25) is 5.16 Å². The van der Waals surface area contributed by atoms with Crippen LogP contribution in [0.1, 0.15) is 35.7 Å². The van der Waals surface area contributed by atoms with Crippen LogP contribution < -0.4 is 4.74 Å². The van der Waals surface area contributed by atoms with Crippen molar-refractivity contribution in [2.24, 2.45) is 0 Å². The summed E-state index contributed by atoms with van der Waals surface area (Å²) in [6.07, 6.45) is 3.34. The summed E-state index contributed by atoms with van der Waals surface area (Å²) in [4.78, 5) is 12.5. The predicted molar refractivity (Wildman–Crippen MR) is 106 cm³/mol. The SMILES string of the molecule is CCCCc1ccc(-n2nnnc2SCC(=O)c2cc(F)ccc2OC)cc1. The van der Waals surface area contributed by atoms with E-state index in [2.05, 4.69) is 34.6 Å². The second-order valence-electron chi connectivity index (χ2n) is 6.20. The maximum absolute atomic E-state index is 13.5. The monoisotopic (exact) mass is 400 g/mol. The van der Waals surface area contributed by atoms with Gasteiger partial charge in [0.1, 0.15) is 11.6 Å². The number of hydrogen-bond acceptors (Lipinski definition) is 6. The molecule has 0 bridgehead atoms. The van der Waals surface area contributed by atoms with E-state index in [4.69, 9.17) is 4.74 Å². The number of ketones is 1. The van der Waals surface area contributed by atoms with Gasteiger partial charge in [-0.2, -0.15) is 4.68 Å². The third kappa shape index (κ3) is 4.75. The molecule has 3 rings (SSSR count). The average molecular weight is 400 g/mol. The van der Waals surface area contributed by atoms with Crippen LogP contribution in [-0.4, -0.2) is 38.9 Å². The van der Waals surface area contributed by atoms with Gasteiger partial charge in [0.05, 0.1) is 24.1 Å². The lowest BCUT2D eigenvalue weighted by atomic mass is 10.1. The van der Waals surface area contributed by atoms with Crippen LogP contribution in [0.4, 0.5) is 4.39 Å². The molecule has 0 atom stereocenters. The van der Waals surface area contributed by atoms with Gasteiger partial charge in [-0.15, -0.1) is 5.10 Å². The molecule has 3 aromatic rings. The van der Waals surface area contributed by atoms with Crippen molar-refractivity contribution in [3.63, 3.8) is 0 Å². The standard InChI is InChI=1S/C20H21FN4O2S/c1-3-4-5-14-6-9-16(10-7-14)25-20(22-23-24-25)28-13-18(26)17-12-15(21)8-11-19(17)27-2/h6-12H,3-5,13H2,1-2H3. The van der Waals surface area contributed by atoms with Gasteiger partial charge in [-0.05, 0) is 59.2 Å². The molecule has 146 valence electrons. The summed E-state index contributed by atoms with van der Waals surface area (Å²) in [6.45, 7) is 2.17. The molecule has 0 N–H and O–H groups in total. The quantitative estimate of drug-likeness (QED) is 0.397. The maximum Gasteiger partial charge on any atom is 0.214 e. The second kappa shape index (κ2) is 9.45. The number of nitrogens with zero attached hydrogens (tertiary/aromatic N) is 4. The molecule has 6 nitrogen and oxygen atoms in total. The van der Waals surface area contributed by atoms with E-state index >= 15 is 0 Å². The lowest BCUT2D eigenvalue weighted by Gasteiger charge is -2.08. The van der Waals surface area contributed by atoms with E-state index in [0.717, 1.165) is 24.9 Å². The molecule has 0 aliphatic carbocycles. The topological polar surface area (TPSA) is 69.9 Å². The number of methoxy groups -OCH3 is 1. The molecule has 1 aromatic heterocycles. The molecule has 0 fully saturated rings. The number of halogens is 1. The van der Waals surface area contributed by atoms with Crippen LogP contribution in [0.5, 0.6) is 5.75 Å². The Morgan fingerprint density at radius 3 is 2.71 bits per heavy atom. The van der Waals surface area contributed by atoms with Gasteiger partial charge in [-0.25, -0.2) is 4.39 Å². The van der Waals surface area contributed by atoms with Crippen LogP contribution in [0.15, 0.2) is 47.6 Å². The fraction of sp³-hybridized carbons (Fsp3) is 0.300. The third-order valence-corrected chi connectivity index (χ3v) is 5.15. The van der Waals surface area contributed by atoms with Crippen molar-refractivity contribution in [2.75, 3.05) is 12.9 Å². The number of Topliss-reactive ketones (excluding diaryl/α,β-unsaturated/α-hetero) is 1. The molecule has 0 aliphatic rings. The Labute approximate surface area is 167 Å². The molecular formula is C20H21FN4O2S. The minimum atomic E-state index is -0.484. The van der Waals surface area contributed by atoms with E-state index in [1.165, 1.54) is 42.6 Å². The lowest BCUT2D eigenvalue weighted by molar-refractivity contribution is 0.101. The third-order valence-electron chi connectivity index (χ3n) is 4.24. The molecule has 0 amide bonds. The van der Waals surface area contributed by atoms with Gasteiger partial charge < -0.3 is 4.74 Å². The summed E-state index contributed by atoms with van der Waals surface area (Å²) in [5, 5.41) is 12.2. The molecular weight excluding hydrogens is 379 g/mol. The number of thioether (sulfide) groups is 1. The Balaban J connectivity index is 1.71. The summed E-state index contributed by atoms with van der Waals surface area (Å²) >= 11 is 1.19. The molecule has 0 radical (unpaired) electrons. The first-order chi connectivity index (χ1) is 13.6. The second-order valence-corrected chi connectivity index (χ2v) is 7.14. The number of aromatic nitrogens is 4. The van der Waals surface area contributed by atoms with Crippen molar-refractivity contribution in [3.8, 4) is 11.4 Å². The van der Waals surface area contributed by atoms with Crippen LogP contribution in [-0.2, 0) is 6.42 Å². The Kier molecular flexibility index (Phi) is 6.76. The average Bonchev–Trinajstić information content (AvgIpc) is 3.19. The van der Waals surface area contributed by atoms with Crippen LogP contribution in [0.2, 0.25) is 0 Å². The molecule has 8 heteroatoms. The van der Waals surface area contributed by atoms with Gasteiger partial charge >= 0.3 is 0 Å². The largest absolute Gasteiger partial charge is 0.496 e. The smallest absolute Gasteiger partial charge is 0.214 e. The van der Waals surface area contributed by atoms with E-state index < -0.39 is 5.82 Å². The van der Waals surface area contributed by atoms with E-state index in [1.54, 1.807) is 4.68 Å². The van der Waals surface area contributed by atoms with Crippen molar-refractivity contribution < 1.29 is 13.9 Å². The van der Waals surface area contributed by atoms with Crippen LogP contribution in [0, 0.1) is 5.82 Å². The summed E-state index contributed by atoms with van der Waals surface area (Å²) < 4.78 is 20.2. The van der Waals surface area contributed by atoms with Gasteiger partial charge in [0.15, 0.2) is 5.78 Å². The zero-order valence-corrected chi connectivity index (χ0v) is 16.6. The van der Waals surface area contributed by atoms with E-state index in [9.17, 15) is 9.18 Å². The first-order valence-corrected chi connectivity index (χ1v) is 9.98. The number of carbonyl (C=O) groups is 1. The molecule has 0 unspecified atom stereocenters. The fourth-order valence-corrected chi connectivity index (χ4v) is 3.50. The first kappa shape index (κ1) is 20.0. The number of benzene rings is 2. The number of carbonyl (C=O) groups excluding carboxylic acids is 1. The van der Waals surface area contributed by atoms with Crippen LogP contribution in [0.25, 0.3) is 5.69 Å². The minimum Gasteiger partial charge on any atom is -0.496 e. The highest BCUT2D eigenvalue weighted by atomic mass is 32.2. The number of tetrazole rings is 1. The normalized spacial score (nSPS) is 10.8. The van der Waals surface area contributed by atoms with Crippen molar-refractivity contribution >= 4 is 17.5 Å². The maximum atomic E-state index is 13.5. The van der Waals surface area contributed by atoms with Crippen LogP contribution >= 0.6 is 11.8 Å². The number of rotatable bonds is 9. The molecule has 0 saturated carbocycles. The van der Waals surface area contributed by atoms with Crippen molar-refractivity contribution in [2.45, 2.75) is 31.3 Å². The van der Waals surface area contributed by atoms with Crippen molar-refractivity contribution in [3.05, 3.63) is 59.4 Å². The summed E-state index contributed by atoms with van der Waals surface area (Å²) in [6, 6.07) is 11.9. The van der Waals surface area contributed by atoms with Gasteiger partial charge in [-0.3, -0.25) is 4.79 Å². The molecule has 28 heavy (non-hydrogen) atoms. The molecule has 0 aliphatic heterocycles. The van der Waals surface area contributed by atoms with Gasteiger partial charge in [0.25, 0.3) is 0 Å². The number of unbranched alkanes of at least 4 members (excludes halogenated alkanes) is 1. The summed E-state index contributed by atoms with van der Waals surface area (Å²) in [7, 11) is 1.45. The van der Waals surface area contributed by atoms with Gasteiger partial charge in [-0.1, -0.05) is 37.2 Å². The number of hydrogen-bond donors (Lipinski definition) is 0. The highest BCUT2D eigenvalue weighted by molar-refractivity contribution is 7.99. The summed E-state index contributed by atoms with van der Waals surface area (Å²) in [5.74, 6) is -0.336. The zero-order valence-electron chi connectivity index (χ0n) is 15.8. The molecule has 2 aromatic carbocycles. The van der Waals surface area contributed by atoms with Crippen molar-refractivity contribution in [1.29, 1.82) is 0 Å². The number of aryl methyl sites for hydroxylation is 1. The molecule has 0 saturated heterocycles. The van der Waals surface area contributed by atoms with Gasteiger partial charge in [0, 0.05) is 0 Å². The van der Waals surface area contributed by atoms with E-state index in [0.29, 0.717) is 10.9 Å². The molecule has 0 spiro atoms. The van der Waals surface area contributed by atoms with E-state index in [-0.39, 0.29) is 17.1 Å². The Morgan fingerprint density at radius 1 is 1.21 bits per heavy atom. The van der Waals surface area contributed by atoms with Crippen LogP contribution in [0.3, 0.4) is 0 Å². The minimum absolute atomic E-state index is 0.0643. The highest BCUT2D eigenvalue weighted by Gasteiger charge is 2.16. The fourth-order valence-electron chi connectivity index (χ4n) is 2.72. The lowest BCUT2D eigenvalue weighted by Crippen LogP contribution is -2.07. The highest BCUT2D eigenvalue weighted by Crippen LogP contribution is 2.24. The van der Waals surface area contributed by atoms with Crippen molar-refractivity contribution in [1.82, 2.24) is 20.2 Å². The Morgan fingerprint density at radius 2 is 2.00 bits per heavy atom. The summed E-state index contributed by atoms with van der Waals surface area (Å²) in [5.41, 5.74) is 2.29. The predicted octanol–water partition coefficient (Wildman–Crippen LogP) is 4.13. The molecule has 1 heterocycles. The Hall–Kier alpha value is -2.74. The number of ether oxygens (including phenoxy) is 1. The first-order valence-electron chi connectivity index (χ1n) is 8.99.